The van der Waals surface area contributed by atoms with Crippen LogP contribution < -0.4 is 60.2 Å². The highest BCUT2D eigenvalue weighted by atomic mass is 16.6. The molecule has 3 aliphatic heterocycles. The van der Waals surface area contributed by atoms with Gasteiger partial charge in [0.15, 0.2) is 18.2 Å². The molecule has 23 heteroatoms. The number of guanidine groups is 1. The van der Waals surface area contributed by atoms with Crippen LogP contribution in [0.4, 0.5) is 4.79 Å². The number of aliphatic hydroxyl groups excluding tert-OH is 3. The first-order valence-electron chi connectivity index (χ1n) is 18.9. The van der Waals surface area contributed by atoms with Crippen molar-refractivity contribution in [2.45, 2.75) is 132 Å². The van der Waals surface area contributed by atoms with Gasteiger partial charge in [-0.3, -0.25) is 24.0 Å². The smallest absolute Gasteiger partial charge is 0.404 e. The second kappa shape index (κ2) is 23.0. The average Bonchev–Trinajstić information content (AvgIpc) is 3.56. The van der Waals surface area contributed by atoms with Crippen molar-refractivity contribution in [3.05, 3.63) is 0 Å². The van der Waals surface area contributed by atoms with Gasteiger partial charge in [0.1, 0.15) is 31.0 Å². The summed E-state index contributed by atoms with van der Waals surface area (Å²) in [7, 11) is 0. The summed E-state index contributed by atoms with van der Waals surface area (Å²) in [6.07, 6.45) is -4.88. The van der Waals surface area contributed by atoms with Crippen LogP contribution in [0.15, 0.2) is 4.99 Å². The lowest BCUT2D eigenvalue weighted by atomic mass is 9.95. The lowest BCUT2D eigenvalue weighted by Crippen LogP contribution is -2.69. The molecule has 0 aromatic heterocycles. The molecule has 3 aliphatic rings. The van der Waals surface area contributed by atoms with Gasteiger partial charge in [-0.25, -0.2) is 9.79 Å². The van der Waals surface area contributed by atoms with Crippen molar-refractivity contribution < 1.29 is 53.6 Å². The number of amides is 6. The van der Waals surface area contributed by atoms with Crippen molar-refractivity contribution >= 4 is 41.6 Å². The molecule has 0 bridgehead atoms. The number of piperidine rings is 1. The zero-order valence-electron chi connectivity index (χ0n) is 31.6. The van der Waals surface area contributed by atoms with Gasteiger partial charge in [-0.2, -0.15) is 0 Å². The monoisotopic (exact) mass is 800 g/mol. The summed E-state index contributed by atoms with van der Waals surface area (Å²) in [6, 6.07) is -4.43. The van der Waals surface area contributed by atoms with Gasteiger partial charge in [-0.05, 0) is 45.1 Å². The number of fused-ring (bicyclic) bond motifs is 1. The molecule has 318 valence electrons. The molecular weight excluding hydrogens is 740 g/mol. The largest absolute Gasteiger partial charge is 0.447 e. The highest BCUT2D eigenvalue weighted by Crippen LogP contribution is 2.22. The Hall–Kier alpha value is -4.39. The molecule has 0 unspecified atom stereocenters. The highest BCUT2D eigenvalue weighted by molar-refractivity contribution is 5.92. The van der Waals surface area contributed by atoms with E-state index in [9.17, 15) is 44.1 Å². The number of primary amides is 1. The maximum atomic E-state index is 13.3. The molecule has 0 aliphatic carbocycles. The van der Waals surface area contributed by atoms with E-state index in [2.05, 4.69) is 42.2 Å². The van der Waals surface area contributed by atoms with Gasteiger partial charge >= 0.3 is 6.09 Å². The fourth-order valence-electron chi connectivity index (χ4n) is 6.58. The summed E-state index contributed by atoms with van der Waals surface area (Å²) in [5, 5.41) is 51.4. The summed E-state index contributed by atoms with van der Waals surface area (Å²) in [4.78, 5) is 77.6. The zero-order chi connectivity index (χ0) is 41.4. The summed E-state index contributed by atoms with van der Waals surface area (Å²) in [5.41, 5.74) is 22.5. The number of carbonyl (C=O) groups excluding carboxylic acids is 6. The Morgan fingerprint density at radius 2 is 1.55 bits per heavy atom. The number of aliphatic hydroxyl groups is 3. The van der Waals surface area contributed by atoms with E-state index in [1.54, 1.807) is 0 Å². The topological polar surface area (TPSA) is 382 Å². The molecule has 18 N–H and O–H groups in total. The van der Waals surface area contributed by atoms with Gasteiger partial charge < -0.3 is 84.9 Å². The number of nitrogens with zero attached hydrogens (tertiary/aromatic N) is 1. The maximum absolute atomic E-state index is 13.3. The number of aliphatic imine (C=N–C) groups is 1. The van der Waals surface area contributed by atoms with Crippen molar-refractivity contribution in [3.63, 3.8) is 0 Å². The van der Waals surface area contributed by atoms with Crippen LogP contribution in [0, 0.1) is 0 Å². The van der Waals surface area contributed by atoms with Crippen LogP contribution in [0.25, 0.3) is 0 Å². The molecule has 6 amide bonds. The minimum absolute atomic E-state index is 0.00122. The third-order valence-electron chi connectivity index (χ3n) is 9.46. The zero-order valence-corrected chi connectivity index (χ0v) is 31.6. The number of nitrogens with one attached hydrogen (secondary N) is 7. The van der Waals surface area contributed by atoms with E-state index in [0.717, 1.165) is 6.42 Å². The van der Waals surface area contributed by atoms with Crippen LogP contribution in [0.3, 0.4) is 0 Å². The minimum atomic E-state index is -1.68. The van der Waals surface area contributed by atoms with E-state index in [4.69, 9.17) is 32.4 Å². The van der Waals surface area contributed by atoms with Crippen LogP contribution in [0.5, 0.6) is 0 Å². The van der Waals surface area contributed by atoms with Crippen molar-refractivity contribution in [1.82, 2.24) is 37.2 Å². The van der Waals surface area contributed by atoms with Crippen LogP contribution in [-0.4, -0.2) is 157 Å². The molecular formula is C33H60N12O11. The molecule has 2 saturated heterocycles. The highest BCUT2D eigenvalue weighted by Gasteiger charge is 2.48. The van der Waals surface area contributed by atoms with Crippen molar-refractivity contribution in [2.24, 2.45) is 27.9 Å². The lowest BCUT2D eigenvalue weighted by molar-refractivity contribution is -0.198. The fourth-order valence-corrected chi connectivity index (χ4v) is 6.58. The minimum Gasteiger partial charge on any atom is -0.447 e. The third-order valence-corrected chi connectivity index (χ3v) is 9.46. The Labute approximate surface area is 324 Å². The van der Waals surface area contributed by atoms with Crippen LogP contribution >= 0.6 is 0 Å². The number of nitrogens with two attached hydrogens (primary N) is 4. The molecule has 3 rings (SSSR count). The molecule has 3 heterocycles. The number of β-amino-alcohol motifs (C(OH)–C–C–N with tert-alkyl or cyclic N) is 1. The van der Waals surface area contributed by atoms with Crippen molar-refractivity contribution in [2.75, 3.05) is 32.8 Å². The molecule has 0 aromatic rings. The quantitative estimate of drug-likeness (QED) is 0.0453. The Kier molecular flexibility index (Phi) is 18.9. The normalized spacial score (nSPS) is 27.2. The van der Waals surface area contributed by atoms with Crippen molar-refractivity contribution in [1.29, 1.82) is 0 Å². The molecule has 0 aromatic carbocycles. The van der Waals surface area contributed by atoms with E-state index >= 15 is 0 Å². The Morgan fingerprint density at radius 1 is 0.929 bits per heavy atom. The summed E-state index contributed by atoms with van der Waals surface area (Å²) < 4.78 is 10.6. The Bertz CT molecular complexity index is 1380. The second-order valence-electron chi connectivity index (χ2n) is 14.3. The number of ether oxygens (including phenoxy) is 2. The SMILES string of the molecule is CC(=O)N[C@@H](CCCNC(=O)C[C@@H](N)CCCNC(=O)C[C@@H](N)CCCN)CC(=O)N[C@@H]1[C@H](O)[C@@H](O)[C@@H](COC(N)=O)O[C@H]1NC1=N[C@@H]2C(=O)NC[C@@H](O)[C@H]2N1. The fraction of sp³-hybridized carbons (Fsp3) is 0.788. The summed E-state index contributed by atoms with van der Waals surface area (Å²) >= 11 is 0. The first-order valence-corrected chi connectivity index (χ1v) is 18.9. The van der Waals surface area contributed by atoms with Crippen LogP contribution in [0.2, 0.25) is 0 Å². The van der Waals surface area contributed by atoms with Crippen LogP contribution in [0.1, 0.15) is 64.7 Å². The summed E-state index contributed by atoms with van der Waals surface area (Å²) in [6.45, 7) is 1.90. The first-order chi connectivity index (χ1) is 26.6. The van der Waals surface area contributed by atoms with Gasteiger partial charge in [-0.1, -0.05) is 0 Å². The van der Waals surface area contributed by atoms with E-state index in [1.807, 2.05) is 0 Å². The Balaban J connectivity index is 1.49. The van der Waals surface area contributed by atoms with E-state index in [0.29, 0.717) is 38.8 Å². The number of carbonyl (C=O) groups is 6. The van der Waals surface area contributed by atoms with Gasteiger partial charge in [0.25, 0.3) is 0 Å². The van der Waals surface area contributed by atoms with Crippen molar-refractivity contribution in [3.8, 4) is 0 Å². The van der Waals surface area contributed by atoms with Gasteiger partial charge in [-0.15, -0.1) is 0 Å². The molecule has 0 radical (unpaired) electrons. The lowest BCUT2D eigenvalue weighted by Gasteiger charge is -2.43. The van der Waals surface area contributed by atoms with Gasteiger partial charge in [0.05, 0.1) is 12.1 Å². The summed E-state index contributed by atoms with van der Waals surface area (Å²) in [5.74, 6) is -1.91. The van der Waals surface area contributed by atoms with Gasteiger partial charge in [0.2, 0.25) is 29.5 Å². The maximum Gasteiger partial charge on any atom is 0.404 e. The van der Waals surface area contributed by atoms with E-state index in [-0.39, 0.29) is 62.6 Å². The molecule has 0 saturated carbocycles. The molecule has 2 fully saturated rings. The Morgan fingerprint density at radius 3 is 2.14 bits per heavy atom. The predicted octanol–water partition coefficient (Wildman–Crippen LogP) is -6.35. The molecule has 0 spiro atoms. The van der Waals surface area contributed by atoms with E-state index < -0.39 is 91.3 Å². The first kappa shape index (κ1) is 46.0. The number of hydrogen-bond acceptors (Lipinski definition) is 17. The second-order valence-corrected chi connectivity index (χ2v) is 14.3. The average molecular weight is 801 g/mol. The number of hydrogen-bond donors (Lipinski definition) is 14. The molecule has 56 heavy (non-hydrogen) atoms. The van der Waals surface area contributed by atoms with E-state index in [1.165, 1.54) is 6.92 Å². The van der Waals surface area contributed by atoms with Crippen LogP contribution in [-0.2, 0) is 33.4 Å². The van der Waals surface area contributed by atoms with Gasteiger partial charge in [0, 0.05) is 63.9 Å². The predicted molar refractivity (Wildman–Crippen MR) is 199 cm³/mol. The standard InChI is InChI=1S/C33H60N12O11/c1-16(46)41-19(7-4-10-39-23(49)12-18(36)6-3-9-38-22(48)11-17(35)5-2-8-34)13-24(50)42-27-29(52)28(51)21(15-55-32(37)54)56-31(27)45-33-43-25-20(47)14-40-30(53)26(25)44-33/h17-21,25-29,31,47,51-52H,2-15,34-36H2,1H3,(H2,37,54)(H,38,48)(H,39,49)(H,40,53)(H,41,46)(H,42,50)(H2,43,44,45)/t17-,18-,19-,20+,21+,25+,26-,27+,28-,29-,31+/m0/s1. The molecule has 23 nitrogen and oxygen atoms in total. The number of rotatable bonds is 22. The third kappa shape index (κ3) is 15.3. The molecule has 11 atom stereocenters.